The molecule has 0 aliphatic heterocycles. The predicted molar refractivity (Wildman–Crippen MR) is 81.2 cm³/mol. The summed E-state index contributed by atoms with van der Waals surface area (Å²) in [7, 11) is 0. The largest absolute Gasteiger partial charge is 0.395 e. The Morgan fingerprint density at radius 3 is 2.95 bits per heavy atom. The summed E-state index contributed by atoms with van der Waals surface area (Å²) in [6.45, 7) is 2.60. The van der Waals surface area contributed by atoms with E-state index in [0.717, 1.165) is 12.8 Å². The van der Waals surface area contributed by atoms with Crippen LogP contribution in [0.4, 0.5) is 4.39 Å². The fourth-order valence-electron chi connectivity index (χ4n) is 2.70. The number of hydrogen-bond donors (Lipinski definition) is 1. The lowest BCUT2D eigenvalue weighted by Crippen LogP contribution is -2.21. The lowest BCUT2D eigenvalue weighted by Gasteiger charge is -2.26. The summed E-state index contributed by atoms with van der Waals surface area (Å²) in [5.74, 6) is 6.06. The Hall–Kier alpha value is -1.37. The van der Waals surface area contributed by atoms with E-state index < -0.39 is 0 Å². The fraction of sp³-hybridized carbons (Fsp3) is 0.556. The van der Waals surface area contributed by atoms with Crippen molar-refractivity contribution in [1.82, 2.24) is 0 Å². The van der Waals surface area contributed by atoms with E-state index in [9.17, 15) is 4.39 Å². The van der Waals surface area contributed by atoms with Gasteiger partial charge in [-0.1, -0.05) is 37.7 Å². The first-order valence-electron chi connectivity index (χ1n) is 7.69. The van der Waals surface area contributed by atoms with Gasteiger partial charge in [-0.05, 0) is 30.9 Å². The lowest BCUT2D eigenvalue weighted by atomic mass is 9.89. The molecule has 1 fully saturated rings. The molecule has 1 aromatic rings. The molecule has 0 saturated heterocycles. The van der Waals surface area contributed by atoms with E-state index in [2.05, 4.69) is 18.8 Å². The van der Waals surface area contributed by atoms with E-state index in [1.807, 2.05) is 0 Å². The van der Waals surface area contributed by atoms with Crippen molar-refractivity contribution in [2.24, 2.45) is 5.92 Å². The van der Waals surface area contributed by atoms with Crippen LogP contribution < -0.4 is 0 Å². The summed E-state index contributed by atoms with van der Waals surface area (Å²) in [5, 5.41) is 8.66. The van der Waals surface area contributed by atoms with Gasteiger partial charge in [-0.2, -0.15) is 0 Å². The highest BCUT2D eigenvalue weighted by molar-refractivity contribution is 5.36. The van der Waals surface area contributed by atoms with Crippen molar-refractivity contribution in [2.45, 2.75) is 51.7 Å². The van der Waals surface area contributed by atoms with Crippen LogP contribution in [0.5, 0.6) is 0 Å². The third-order valence-corrected chi connectivity index (χ3v) is 3.89. The number of halogens is 1. The van der Waals surface area contributed by atoms with Crippen LogP contribution in [0.15, 0.2) is 18.2 Å². The van der Waals surface area contributed by atoms with E-state index in [-0.39, 0.29) is 18.5 Å². The summed E-state index contributed by atoms with van der Waals surface area (Å²) < 4.78 is 19.8. The van der Waals surface area contributed by atoms with Gasteiger partial charge in [0.2, 0.25) is 0 Å². The van der Waals surface area contributed by atoms with Crippen LogP contribution in [0.1, 0.15) is 50.2 Å². The van der Waals surface area contributed by atoms with E-state index >= 15 is 0 Å². The molecule has 1 aliphatic rings. The smallest absolute Gasteiger partial charge is 0.129 e. The van der Waals surface area contributed by atoms with Crippen molar-refractivity contribution in [3.05, 3.63) is 35.1 Å². The van der Waals surface area contributed by atoms with Crippen molar-refractivity contribution in [2.75, 3.05) is 6.61 Å². The molecule has 0 heterocycles. The standard InChI is InChI=1S/C18H23FO2/c1-14-5-4-7-17(11-14)21-13-16-9-8-15(12-18(16)19)6-2-3-10-20/h8-9,12,14,17,20H,3-5,7,10-11,13H2,1H3. The summed E-state index contributed by atoms with van der Waals surface area (Å²) in [6, 6.07) is 4.98. The molecular formula is C18H23FO2. The number of ether oxygens (including phenoxy) is 1. The van der Waals surface area contributed by atoms with Crippen LogP contribution in [-0.4, -0.2) is 17.8 Å². The monoisotopic (exact) mass is 290 g/mol. The Morgan fingerprint density at radius 1 is 1.38 bits per heavy atom. The molecule has 1 aliphatic carbocycles. The molecule has 0 aromatic heterocycles. The highest BCUT2D eigenvalue weighted by Gasteiger charge is 2.19. The molecular weight excluding hydrogens is 267 g/mol. The number of aliphatic hydroxyl groups is 1. The number of rotatable bonds is 4. The highest BCUT2D eigenvalue weighted by Crippen LogP contribution is 2.26. The zero-order chi connectivity index (χ0) is 15.1. The van der Waals surface area contributed by atoms with Gasteiger partial charge in [-0.25, -0.2) is 4.39 Å². The van der Waals surface area contributed by atoms with Crippen LogP contribution in [0.3, 0.4) is 0 Å². The topological polar surface area (TPSA) is 29.5 Å². The molecule has 0 amide bonds. The summed E-state index contributed by atoms with van der Waals surface area (Å²) >= 11 is 0. The predicted octanol–water partition coefficient (Wildman–Crippen LogP) is 3.65. The number of hydrogen-bond acceptors (Lipinski definition) is 2. The molecule has 21 heavy (non-hydrogen) atoms. The third kappa shape index (κ3) is 5.15. The number of aliphatic hydroxyl groups excluding tert-OH is 1. The first kappa shape index (κ1) is 16.0. The summed E-state index contributed by atoms with van der Waals surface area (Å²) in [4.78, 5) is 0. The Bertz CT molecular complexity index is 516. The molecule has 2 atom stereocenters. The second-order valence-electron chi connectivity index (χ2n) is 5.79. The van der Waals surface area contributed by atoms with Gasteiger partial charge in [-0.3, -0.25) is 0 Å². The molecule has 2 unspecified atom stereocenters. The Balaban J connectivity index is 1.90. The Morgan fingerprint density at radius 2 is 2.24 bits per heavy atom. The molecule has 1 aromatic carbocycles. The van der Waals surface area contributed by atoms with Crippen molar-refractivity contribution in [3.63, 3.8) is 0 Å². The van der Waals surface area contributed by atoms with Gasteiger partial charge in [0.05, 0.1) is 19.3 Å². The molecule has 114 valence electrons. The van der Waals surface area contributed by atoms with Crippen LogP contribution in [-0.2, 0) is 11.3 Å². The first-order valence-corrected chi connectivity index (χ1v) is 7.69. The average Bonchev–Trinajstić information content (AvgIpc) is 2.47. The lowest BCUT2D eigenvalue weighted by molar-refractivity contribution is 0.00353. The van der Waals surface area contributed by atoms with Crippen LogP contribution in [0.2, 0.25) is 0 Å². The maximum Gasteiger partial charge on any atom is 0.129 e. The van der Waals surface area contributed by atoms with E-state index in [0.29, 0.717) is 30.1 Å². The number of benzene rings is 1. The molecule has 2 rings (SSSR count). The minimum atomic E-state index is -0.269. The van der Waals surface area contributed by atoms with Gasteiger partial charge >= 0.3 is 0 Å². The SMILES string of the molecule is CC1CCCC(OCc2ccc(C#CCCO)cc2F)C1. The minimum Gasteiger partial charge on any atom is -0.395 e. The van der Waals surface area contributed by atoms with Gasteiger partial charge in [0.1, 0.15) is 5.82 Å². The van der Waals surface area contributed by atoms with Gasteiger partial charge in [0.25, 0.3) is 0 Å². The quantitative estimate of drug-likeness (QED) is 0.858. The van der Waals surface area contributed by atoms with Crippen LogP contribution in [0.25, 0.3) is 0 Å². The third-order valence-electron chi connectivity index (χ3n) is 3.89. The van der Waals surface area contributed by atoms with E-state index in [1.54, 1.807) is 12.1 Å². The van der Waals surface area contributed by atoms with Crippen molar-refractivity contribution in [3.8, 4) is 11.8 Å². The summed E-state index contributed by atoms with van der Waals surface area (Å²) in [6.07, 6.45) is 5.30. The van der Waals surface area contributed by atoms with Gasteiger partial charge in [-0.15, -0.1) is 0 Å². The highest BCUT2D eigenvalue weighted by atomic mass is 19.1. The zero-order valence-electron chi connectivity index (χ0n) is 12.6. The van der Waals surface area contributed by atoms with Crippen molar-refractivity contribution >= 4 is 0 Å². The van der Waals surface area contributed by atoms with E-state index in [1.165, 1.54) is 18.9 Å². The molecule has 0 spiro atoms. The average molecular weight is 290 g/mol. The van der Waals surface area contributed by atoms with Gasteiger partial charge in [0, 0.05) is 17.5 Å². The maximum atomic E-state index is 14.0. The normalized spacial score (nSPS) is 21.7. The molecule has 1 saturated carbocycles. The minimum absolute atomic E-state index is 0.0290. The summed E-state index contributed by atoms with van der Waals surface area (Å²) in [5.41, 5.74) is 1.22. The fourth-order valence-corrected chi connectivity index (χ4v) is 2.70. The first-order chi connectivity index (χ1) is 10.2. The molecule has 0 bridgehead atoms. The van der Waals surface area contributed by atoms with Crippen LogP contribution >= 0.6 is 0 Å². The van der Waals surface area contributed by atoms with Gasteiger partial charge in [0.15, 0.2) is 0 Å². The molecule has 2 nitrogen and oxygen atoms in total. The zero-order valence-corrected chi connectivity index (χ0v) is 12.6. The van der Waals surface area contributed by atoms with E-state index in [4.69, 9.17) is 9.84 Å². The molecule has 3 heteroatoms. The second kappa shape index (κ2) is 8.17. The Labute approximate surface area is 126 Å². The maximum absolute atomic E-state index is 14.0. The molecule has 1 N–H and O–H groups in total. The van der Waals surface area contributed by atoms with Gasteiger partial charge < -0.3 is 9.84 Å². The second-order valence-corrected chi connectivity index (χ2v) is 5.79. The van der Waals surface area contributed by atoms with Crippen molar-refractivity contribution in [1.29, 1.82) is 0 Å². The van der Waals surface area contributed by atoms with Crippen LogP contribution in [0, 0.1) is 23.6 Å². The van der Waals surface area contributed by atoms with Crippen molar-refractivity contribution < 1.29 is 14.2 Å². The Kier molecular flexibility index (Phi) is 6.22. The molecule has 0 radical (unpaired) electrons.